The van der Waals surface area contributed by atoms with Gasteiger partial charge in [0.15, 0.2) is 10.6 Å². The molecular weight excluding hydrogens is 210 g/mol. The number of nitrogens with zero attached hydrogens (tertiary/aromatic N) is 2. The first kappa shape index (κ1) is 6.60. The van der Waals surface area contributed by atoms with Gasteiger partial charge in [-0.25, -0.2) is 4.98 Å². The van der Waals surface area contributed by atoms with E-state index in [1.807, 2.05) is 0 Å². The minimum Gasteiger partial charge on any atom is -0.472 e. The lowest BCUT2D eigenvalue weighted by molar-refractivity contribution is 0.568. The average Bonchev–Trinajstić information content (AvgIpc) is 2.55. The molecular formula is C6H4BrN3O. The van der Waals surface area contributed by atoms with Gasteiger partial charge in [-0.2, -0.15) is 5.10 Å². The summed E-state index contributed by atoms with van der Waals surface area (Å²) in [6.07, 6.45) is 3.18. The smallest absolute Gasteiger partial charge is 0.193 e. The van der Waals surface area contributed by atoms with Crippen LogP contribution >= 0.6 is 15.9 Å². The summed E-state index contributed by atoms with van der Waals surface area (Å²) in [5, 5.41) is 6.59. The zero-order valence-corrected chi connectivity index (χ0v) is 7.00. The molecule has 0 saturated heterocycles. The van der Waals surface area contributed by atoms with Gasteiger partial charge in [-0.05, 0) is 22.0 Å². The van der Waals surface area contributed by atoms with E-state index < -0.39 is 0 Å². The molecule has 2 aromatic rings. The van der Waals surface area contributed by atoms with Crippen LogP contribution in [0.25, 0.3) is 11.4 Å². The van der Waals surface area contributed by atoms with E-state index in [0.29, 0.717) is 10.6 Å². The first-order valence-corrected chi connectivity index (χ1v) is 3.76. The van der Waals surface area contributed by atoms with Crippen LogP contribution in [0, 0.1) is 0 Å². The van der Waals surface area contributed by atoms with Crippen LogP contribution in [0.4, 0.5) is 0 Å². The highest BCUT2D eigenvalue weighted by Gasteiger charge is 2.03. The summed E-state index contributed by atoms with van der Waals surface area (Å²) in [4.78, 5) is 4.04. The van der Waals surface area contributed by atoms with Crippen molar-refractivity contribution in [1.29, 1.82) is 0 Å². The molecule has 0 aliphatic rings. The van der Waals surface area contributed by atoms with Crippen molar-refractivity contribution in [3.05, 3.63) is 23.3 Å². The monoisotopic (exact) mass is 213 g/mol. The quantitative estimate of drug-likeness (QED) is 0.787. The van der Waals surface area contributed by atoms with Crippen LogP contribution < -0.4 is 0 Å². The Morgan fingerprint density at radius 3 is 3.00 bits per heavy atom. The van der Waals surface area contributed by atoms with E-state index in [1.165, 1.54) is 0 Å². The van der Waals surface area contributed by atoms with Gasteiger partial charge < -0.3 is 4.42 Å². The molecule has 56 valence electrons. The largest absolute Gasteiger partial charge is 0.472 e. The van der Waals surface area contributed by atoms with Crippen molar-refractivity contribution in [2.45, 2.75) is 0 Å². The molecule has 1 N–H and O–H groups in total. The molecule has 0 unspecified atom stereocenters. The molecule has 11 heavy (non-hydrogen) atoms. The third kappa shape index (κ3) is 1.19. The van der Waals surface area contributed by atoms with Crippen molar-refractivity contribution in [1.82, 2.24) is 15.2 Å². The lowest BCUT2D eigenvalue weighted by Gasteiger charge is -1.80. The molecule has 0 amide bonds. The number of aromatic nitrogens is 3. The van der Waals surface area contributed by atoms with Gasteiger partial charge in [-0.3, -0.25) is 5.10 Å². The van der Waals surface area contributed by atoms with Gasteiger partial charge >= 0.3 is 0 Å². The number of nitrogens with one attached hydrogen (secondary N) is 1. The van der Waals surface area contributed by atoms with E-state index in [1.54, 1.807) is 18.6 Å². The topological polar surface area (TPSA) is 54.7 Å². The van der Waals surface area contributed by atoms with E-state index in [2.05, 4.69) is 31.1 Å². The van der Waals surface area contributed by atoms with Crippen molar-refractivity contribution in [3.63, 3.8) is 0 Å². The number of hydrogen-bond donors (Lipinski definition) is 1. The molecule has 0 atom stereocenters. The van der Waals surface area contributed by atoms with E-state index in [9.17, 15) is 0 Å². The molecule has 0 radical (unpaired) electrons. The Kier molecular flexibility index (Phi) is 1.50. The maximum atomic E-state index is 4.87. The summed E-state index contributed by atoms with van der Waals surface area (Å²) >= 11 is 3.16. The van der Waals surface area contributed by atoms with Gasteiger partial charge in [0.25, 0.3) is 0 Å². The Balaban J connectivity index is 2.45. The molecule has 0 fully saturated rings. The van der Waals surface area contributed by atoms with E-state index >= 15 is 0 Å². The van der Waals surface area contributed by atoms with Crippen LogP contribution in [0.2, 0.25) is 0 Å². The average molecular weight is 214 g/mol. The van der Waals surface area contributed by atoms with Gasteiger partial charge in [0.1, 0.15) is 6.26 Å². The van der Waals surface area contributed by atoms with Gasteiger partial charge in [0.05, 0.1) is 11.8 Å². The predicted octanol–water partition coefficient (Wildman–Crippen LogP) is 1.83. The number of H-pyrrole nitrogens is 1. The zero-order chi connectivity index (χ0) is 7.68. The minimum atomic E-state index is 0.619. The highest BCUT2D eigenvalue weighted by molar-refractivity contribution is 9.10. The standard InChI is InChI=1S/C6H4BrN3O/c7-6-8-5(9-10-6)4-1-2-11-3-4/h1-3H,(H,8,9,10). The molecule has 2 rings (SSSR count). The Morgan fingerprint density at radius 1 is 1.55 bits per heavy atom. The fraction of sp³-hybridized carbons (Fsp3) is 0. The van der Waals surface area contributed by atoms with Crippen LogP contribution in [0.5, 0.6) is 0 Å². The van der Waals surface area contributed by atoms with Crippen LogP contribution in [0.3, 0.4) is 0 Å². The maximum Gasteiger partial charge on any atom is 0.193 e. The molecule has 4 nitrogen and oxygen atoms in total. The van der Waals surface area contributed by atoms with Crippen molar-refractivity contribution < 1.29 is 4.42 Å². The highest BCUT2D eigenvalue weighted by atomic mass is 79.9. The Bertz CT molecular complexity index is 340. The Labute approximate surface area is 70.8 Å². The van der Waals surface area contributed by atoms with Crippen LogP contribution in [-0.4, -0.2) is 15.2 Å². The number of halogens is 1. The van der Waals surface area contributed by atoms with Crippen LogP contribution in [-0.2, 0) is 0 Å². The first-order chi connectivity index (χ1) is 5.36. The van der Waals surface area contributed by atoms with Gasteiger partial charge in [0.2, 0.25) is 0 Å². The van der Waals surface area contributed by atoms with Gasteiger partial charge in [0, 0.05) is 0 Å². The zero-order valence-electron chi connectivity index (χ0n) is 5.41. The normalized spacial score (nSPS) is 10.3. The summed E-state index contributed by atoms with van der Waals surface area (Å²) in [5.41, 5.74) is 0.868. The fourth-order valence-corrected chi connectivity index (χ4v) is 1.02. The maximum absolute atomic E-state index is 4.87. The second-order valence-corrected chi connectivity index (χ2v) is 2.71. The lowest BCUT2D eigenvalue weighted by Crippen LogP contribution is -1.74. The number of furan rings is 1. The second-order valence-electron chi connectivity index (χ2n) is 1.96. The van der Waals surface area contributed by atoms with E-state index in [4.69, 9.17) is 4.42 Å². The minimum absolute atomic E-state index is 0.619. The van der Waals surface area contributed by atoms with Crippen molar-refractivity contribution in [2.75, 3.05) is 0 Å². The third-order valence-corrected chi connectivity index (χ3v) is 1.59. The highest BCUT2D eigenvalue weighted by Crippen LogP contribution is 2.15. The summed E-state index contributed by atoms with van der Waals surface area (Å²) < 4.78 is 5.49. The predicted molar refractivity (Wildman–Crippen MR) is 41.8 cm³/mol. The molecule has 0 aliphatic heterocycles. The molecule has 0 saturated carbocycles. The summed E-state index contributed by atoms with van der Waals surface area (Å²) in [6, 6.07) is 1.80. The molecule has 5 heteroatoms. The lowest BCUT2D eigenvalue weighted by atomic mass is 10.3. The second kappa shape index (κ2) is 2.50. The van der Waals surface area contributed by atoms with Crippen LogP contribution in [0.1, 0.15) is 0 Å². The Hall–Kier alpha value is -1.10. The Morgan fingerprint density at radius 2 is 2.45 bits per heavy atom. The molecule has 0 bridgehead atoms. The summed E-state index contributed by atoms with van der Waals surface area (Å²) in [7, 11) is 0. The van der Waals surface area contributed by atoms with Gasteiger partial charge in [-0.1, -0.05) is 0 Å². The summed E-state index contributed by atoms with van der Waals surface area (Å²) in [5.74, 6) is 0.630. The SMILES string of the molecule is Brc1nc(-c2ccoc2)n[nH]1. The molecule has 0 aliphatic carbocycles. The molecule has 2 heterocycles. The molecule has 0 aromatic carbocycles. The van der Waals surface area contributed by atoms with Crippen molar-refractivity contribution in [3.8, 4) is 11.4 Å². The molecule has 0 spiro atoms. The number of rotatable bonds is 1. The first-order valence-electron chi connectivity index (χ1n) is 2.97. The van der Waals surface area contributed by atoms with E-state index in [-0.39, 0.29) is 0 Å². The molecule has 2 aromatic heterocycles. The third-order valence-electron chi connectivity index (χ3n) is 1.24. The number of aromatic amines is 1. The fourth-order valence-electron chi connectivity index (χ4n) is 0.763. The number of hydrogen-bond acceptors (Lipinski definition) is 3. The van der Waals surface area contributed by atoms with Crippen LogP contribution in [0.15, 0.2) is 27.7 Å². The van der Waals surface area contributed by atoms with Crippen molar-refractivity contribution in [2.24, 2.45) is 0 Å². The van der Waals surface area contributed by atoms with Gasteiger partial charge in [-0.15, -0.1) is 0 Å². The van der Waals surface area contributed by atoms with E-state index in [0.717, 1.165) is 5.56 Å². The van der Waals surface area contributed by atoms with Crippen molar-refractivity contribution >= 4 is 15.9 Å². The summed E-state index contributed by atoms with van der Waals surface area (Å²) in [6.45, 7) is 0.